The molecule has 0 aliphatic rings. The van der Waals surface area contributed by atoms with Gasteiger partial charge in [-0.3, -0.25) is 9.98 Å². The van der Waals surface area contributed by atoms with Crippen molar-refractivity contribution < 1.29 is 0 Å². The zero-order chi connectivity index (χ0) is 26.8. The lowest BCUT2D eigenvalue weighted by atomic mass is 9.87. The van der Waals surface area contributed by atoms with Crippen molar-refractivity contribution in [2.45, 2.75) is 119 Å². The lowest BCUT2D eigenvalue weighted by molar-refractivity contribution is 0.655. The first-order valence-corrected chi connectivity index (χ1v) is 14.3. The minimum Gasteiger partial charge on any atom is -0.293 e. The van der Waals surface area contributed by atoms with Gasteiger partial charge in [0.2, 0.25) is 0 Å². The molecule has 0 radical (unpaired) electrons. The summed E-state index contributed by atoms with van der Waals surface area (Å²) in [6.45, 7) is 24.5. The van der Waals surface area contributed by atoms with Crippen molar-refractivity contribution in [2.75, 3.05) is 13.1 Å². The molecule has 2 rings (SSSR count). The maximum atomic E-state index is 4.84. The molecule has 0 aromatic heterocycles. The molecule has 0 atom stereocenters. The first-order chi connectivity index (χ1) is 17.0. The van der Waals surface area contributed by atoms with E-state index >= 15 is 0 Å². The summed E-state index contributed by atoms with van der Waals surface area (Å²) in [5.74, 6) is 2.05. The predicted octanol–water partition coefficient (Wildman–Crippen LogP) is 9.90. The Balaban J connectivity index is 1.87. The molecule has 2 aromatic carbocycles. The van der Waals surface area contributed by atoms with Crippen molar-refractivity contribution in [3.63, 3.8) is 0 Å². The van der Waals surface area contributed by atoms with Crippen molar-refractivity contribution in [3.05, 3.63) is 68.8 Å². The Labute approximate surface area is 222 Å². The smallest absolute Gasteiger partial charge is 0.0389 e. The number of benzene rings is 2. The first-order valence-electron chi connectivity index (χ1n) is 14.3. The Morgan fingerprint density at radius 1 is 0.500 bits per heavy atom. The number of hydrogen-bond donors (Lipinski definition) is 0. The summed E-state index contributed by atoms with van der Waals surface area (Å²) in [5.41, 5.74) is 11.1. The van der Waals surface area contributed by atoms with Crippen LogP contribution >= 0.6 is 0 Å². The van der Waals surface area contributed by atoms with Gasteiger partial charge in [0, 0.05) is 25.5 Å². The number of hydrogen-bond acceptors (Lipinski definition) is 2. The summed E-state index contributed by atoms with van der Waals surface area (Å²) in [6, 6.07) is 9.35. The van der Waals surface area contributed by atoms with Crippen molar-refractivity contribution in [1.82, 2.24) is 0 Å². The fraction of sp³-hybridized carbons (Fsp3) is 0.588. The van der Waals surface area contributed by atoms with Crippen molar-refractivity contribution >= 4 is 12.4 Å². The molecule has 0 N–H and O–H groups in total. The average Bonchev–Trinajstić information content (AvgIpc) is 2.80. The second-order valence-corrected chi connectivity index (χ2v) is 11.8. The minimum atomic E-state index is 0.512. The highest BCUT2D eigenvalue weighted by Crippen LogP contribution is 2.29. The number of unbranched alkanes of at least 4 members (excludes halogenated alkanes) is 3. The molecule has 0 fully saturated rings. The Morgan fingerprint density at radius 3 is 1.03 bits per heavy atom. The summed E-state index contributed by atoms with van der Waals surface area (Å²) in [4.78, 5) is 9.67. The van der Waals surface area contributed by atoms with E-state index in [2.05, 4.69) is 106 Å². The van der Waals surface area contributed by atoms with E-state index in [9.17, 15) is 0 Å². The van der Waals surface area contributed by atoms with E-state index in [0.29, 0.717) is 23.7 Å². The van der Waals surface area contributed by atoms with E-state index in [1.54, 1.807) is 0 Å². The normalized spacial score (nSPS) is 12.5. The van der Waals surface area contributed by atoms with Gasteiger partial charge in [0.1, 0.15) is 0 Å². The Morgan fingerprint density at radius 2 is 0.778 bits per heavy atom. The summed E-state index contributed by atoms with van der Waals surface area (Å²) in [7, 11) is 0. The zero-order valence-electron chi connectivity index (χ0n) is 24.9. The second-order valence-electron chi connectivity index (χ2n) is 11.8. The van der Waals surface area contributed by atoms with Crippen molar-refractivity contribution in [1.29, 1.82) is 0 Å². The molecule has 0 spiro atoms. The maximum Gasteiger partial charge on any atom is 0.0389 e. The van der Waals surface area contributed by atoms with Gasteiger partial charge in [-0.25, -0.2) is 0 Å². The molecule has 36 heavy (non-hydrogen) atoms. The van der Waals surface area contributed by atoms with E-state index in [4.69, 9.17) is 9.98 Å². The molecule has 0 unspecified atom stereocenters. The van der Waals surface area contributed by atoms with Gasteiger partial charge in [-0.05, 0) is 83.7 Å². The van der Waals surface area contributed by atoms with Gasteiger partial charge in [-0.1, -0.05) is 104 Å². The number of rotatable bonds is 13. The average molecular weight is 489 g/mol. The molecule has 0 heterocycles. The molecule has 2 heteroatoms. The standard InChI is InChI=1S/C34H52N2/c1-23(2)29-17-27(9)18-30(24(3)4)33(29)21-35-15-13-11-12-14-16-36-22-34-31(25(5)6)19-28(10)20-32(34)26(7)8/h17-26H,11-16H2,1-10H3. The third-order valence-electron chi connectivity index (χ3n) is 7.03. The van der Waals surface area contributed by atoms with Crippen LogP contribution in [0.4, 0.5) is 0 Å². The molecule has 0 amide bonds. The van der Waals surface area contributed by atoms with Crippen LogP contribution in [0.5, 0.6) is 0 Å². The van der Waals surface area contributed by atoms with Crippen molar-refractivity contribution in [2.24, 2.45) is 9.98 Å². The van der Waals surface area contributed by atoms with Crippen LogP contribution in [-0.2, 0) is 0 Å². The SMILES string of the molecule is Cc1cc(C(C)C)c(C=NCCCCCCN=Cc2c(C(C)C)cc(C)cc2C(C)C)c(C(C)C)c1. The number of aliphatic imine (C=N–C) groups is 2. The maximum absolute atomic E-state index is 4.84. The van der Waals surface area contributed by atoms with E-state index in [1.165, 1.54) is 57.3 Å². The van der Waals surface area contributed by atoms with E-state index in [0.717, 1.165) is 25.9 Å². The first kappa shape index (κ1) is 30.0. The highest BCUT2D eigenvalue weighted by atomic mass is 14.7. The van der Waals surface area contributed by atoms with Crippen LogP contribution in [0.1, 0.15) is 149 Å². The lowest BCUT2D eigenvalue weighted by Gasteiger charge is -2.18. The highest BCUT2D eigenvalue weighted by Gasteiger charge is 2.14. The third kappa shape index (κ3) is 8.71. The Hall–Kier alpha value is -2.22. The van der Waals surface area contributed by atoms with Crippen LogP contribution in [0, 0.1) is 13.8 Å². The third-order valence-corrected chi connectivity index (χ3v) is 7.03. The summed E-state index contributed by atoms with van der Waals surface area (Å²) in [6.07, 6.45) is 9.02. The molecule has 0 saturated carbocycles. The minimum absolute atomic E-state index is 0.512. The largest absolute Gasteiger partial charge is 0.293 e. The molecule has 0 aliphatic heterocycles. The fourth-order valence-corrected chi connectivity index (χ4v) is 4.99. The van der Waals surface area contributed by atoms with E-state index < -0.39 is 0 Å². The predicted molar refractivity (Wildman–Crippen MR) is 162 cm³/mol. The van der Waals surface area contributed by atoms with Crippen LogP contribution in [0.15, 0.2) is 34.3 Å². The molecule has 198 valence electrons. The topological polar surface area (TPSA) is 24.7 Å². The van der Waals surface area contributed by atoms with Gasteiger partial charge in [0.25, 0.3) is 0 Å². The van der Waals surface area contributed by atoms with Crippen LogP contribution < -0.4 is 0 Å². The van der Waals surface area contributed by atoms with Gasteiger partial charge in [0.15, 0.2) is 0 Å². The monoisotopic (exact) mass is 488 g/mol. The zero-order valence-corrected chi connectivity index (χ0v) is 24.9. The van der Waals surface area contributed by atoms with E-state index in [-0.39, 0.29) is 0 Å². The fourth-order valence-electron chi connectivity index (χ4n) is 4.99. The van der Waals surface area contributed by atoms with Crippen LogP contribution in [0.25, 0.3) is 0 Å². The molecular weight excluding hydrogens is 436 g/mol. The molecule has 0 saturated heterocycles. The summed E-state index contributed by atoms with van der Waals surface area (Å²) in [5, 5.41) is 0. The van der Waals surface area contributed by atoms with Gasteiger partial charge >= 0.3 is 0 Å². The van der Waals surface area contributed by atoms with Crippen LogP contribution in [0.3, 0.4) is 0 Å². The van der Waals surface area contributed by atoms with Gasteiger partial charge in [0.05, 0.1) is 0 Å². The quantitative estimate of drug-likeness (QED) is 0.198. The molecular formula is C34H52N2. The summed E-state index contributed by atoms with van der Waals surface area (Å²) >= 11 is 0. The summed E-state index contributed by atoms with van der Waals surface area (Å²) < 4.78 is 0. The highest BCUT2D eigenvalue weighted by molar-refractivity contribution is 5.85. The number of nitrogens with zero attached hydrogens (tertiary/aromatic N) is 2. The molecule has 2 aromatic rings. The molecule has 2 nitrogen and oxygen atoms in total. The van der Waals surface area contributed by atoms with Crippen LogP contribution in [0.2, 0.25) is 0 Å². The van der Waals surface area contributed by atoms with Crippen LogP contribution in [-0.4, -0.2) is 25.5 Å². The van der Waals surface area contributed by atoms with Gasteiger partial charge < -0.3 is 0 Å². The Bertz CT molecular complexity index is 880. The van der Waals surface area contributed by atoms with Gasteiger partial charge in [-0.2, -0.15) is 0 Å². The van der Waals surface area contributed by atoms with Gasteiger partial charge in [-0.15, -0.1) is 0 Å². The number of aryl methyl sites for hydroxylation is 2. The molecule has 0 bridgehead atoms. The second kappa shape index (κ2) is 14.5. The Kier molecular flexibility index (Phi) is 12.1. The lowest BCUT2D eigenvalue weighted by Crippen LogP contribution is -2.04. The molecule has 0 aliphatic carbocycles. The van der Waals surface area contributed by atoms with E-state index in [1.807, 2.05) is 0 Å². The van der Waals surface area contributed by atoms with Crippen molar-refractivity contribution in [3.8, 4) is 0 Å².